The summed E-state index contributed by atoms with van der Waals surface area (Å²) in [5.41, 5.74) is 2.78. The van der Waals surface area contributed by atoms with Gasteiger partial charge in [-0.25, -0.2) is 0 Å². The lowest BCUT2D eigenvalue weighted by atomic mass is 9.79. The zero-order valence-electron chi connectivity index (χ0n) is 8.67. The van der Waals surface area contributed by atoms with E-state index in [9.17, 15) is 0 Å². The van der Waals surface area contributed by atoms with Crippen molar-refractivity contribution < 1.29 is 0 Å². The molecule has 0 N–H and O–H groups in total. The van der Waals surface area contributed by atoms with Crippen molar-refractivity contribution in [3.63, 3.8) is 0 Å². The van der Waals surface area contributed by atoms with Gasteiger partial charge in [0.2, 0.25) is 0 Å². The number of hydrogen-bond donors (Lipinski definition) is 0. The second kappa shape index (κ2) is 4.35. The Morgan fingerprint density at radius 2 is 2.21 bits per heavy atom. The standard InChI is InChI=1S/C13H17Cl/c1-2-13(14)12-8-4-7-11(9-12)10-5-3-6-10/h4,7-10,13H,2-3,5-6H2,1H3. The third kappa shape index (κ3) is 1.95. The number of rotatable bonds is 3. The largest absolute Gasteiger partial charge is 0.118 e. The van der Waals surface area contributed by atoms with Gasteiger partial charge < -0.3 is 0 Å². The van der Waals surface area contributed by atoms with Crippen LogP contribution in [0.15, 0.2) is 24.3 Å². The van der Waals surface area contributed by atoms with E-state index in [1.165, 1.54) is 30.4 Å². The molecule has 0 nitrogen and oxygen atoms in total. The predicted octanol–water partition coefficient (Wildman–Crippen LogP) is 4.64. The van der Waals surface area contributed by atoms with Crippen LogP contribution >= 0.6 is 11.6 Å². The number of benzene rings is 1. The Balaban J connectivity index is 2.17. The van der Waals surface area contributed by atoms with E-state index in [1.807, 2.05) is 0 Å². The van der Waals surface area contributed by atoms with Crippen LogP contribution in [0.5, 0.6) is 0 Å². The van der Waals surface area contributed by atoms with E-state index < -0.39 is 0 Å². The molecule has 2 rings (SSSR count). The van der Waals surface area contributed by atoms with Gasteiger partial charge in [0, 0.05) is 0 Å². The highest BCUT2D eigenvalue weighted by Gasteiger charge is 2.19. The Hall–Kier alpha value is -0.490. The van der Waals surface area contributed by atoms with Gasteiger partial charge in [0.05, 0.1) is 5.38 Å². The van der Waals surface area contributed by atoms with Crippen LogP contribution in [0.25, 0.3) is 0 Å². The van der Waals surface area contributed by atoms with Crippen LogP contribution in [0.2, 0.25) is 0 Å². The molecule has 1 saturated carbocycles. The second-order valence-corrected chi connectivity index (χ2v) is 4.70. The van der Waals surface area contributed by atoms with Crippen molar-refractivity contribution in [3.05, 3.63) is 35.4 Å². The molecule has 1 aliphatic rings. The minimum absolute atomic E-state index is 0.190. The van der Waals surface area contributed by atoms with E-state index >= 15 is 0 Å². The van der Waals surface area contributed by atoms with Gasteiger partial charge in [-0.05, 0) is 36.3 Å². The minimum Gasteiger partial charge on any atom is -0.118 e. The van der Waals surface area contributed by atoms with E-state index in [0.717, 1.165) is 12.3 Å². The normalized spacial score (nSPS) is 19.0. The smallest absolute Gasteiger partial charge is 0.0582 e. The fraction of sp³-hybridized carbons (Fsp3) is 0.538. The average molecular weight is 209 g/mol. The first-order valence-electron chi connectivity index (χ1n) is 5.55. The van der Waals surface area contributed by atoms with E-state index in [-0.39, 0.29) is 5.38 Å². The van der Waals surface area contributed by atoms with Crippen molar-refractivity contribution in [3.8, 4) is 0 Å². The van der Waals surface area contributed by atoms with Gasteiger partial charge in [-0.2, -0.15) is 0 Å². The summed E-state index contributed by atoms with van der Waals surface area (Å²) in [6, 6.07) is 8.83. The molecule has 1 aromatic rings. The van der Waals surface area contributed by atoms with Crippen molar-refractivity contribution in [1.82, 2.24) is 0 Å². The molecule has 0 heterocycles. The van der Waals surface area contributed by atoms with E-state index in [4.69, 9.17) is 11.6 Å². The van der Waals surface area contributed by atoms with Gasteiger partial charge in [0.1, 0.15) is 0 Å². The first kappa shape index (κ1) is 10.0. The van der Waals surface area contributed by atoms with Gasteiger partial charge in [-0.1, -0.05) is 37.6 Å². The molecule has 0 amide bonds. The third-order valence-electron chi connectivity index (χ3n) is 3.21. The second-order valence-electron chi connectivity index (χ2n) is 4.17. The highest BCUT2D eigenvalue weighted by Crippen LogP contribution is 2.37. The maximum absolute atomic E-state index is 6.23. The Morgan fingerprint density at radius 1 is 1.43 bits per heavy atom. The maximum atomic E-state index is 6.23. The summed E-state index contributed by atoms with van der Waals surface area (Å²) >= 11 is 6.23. The fourth-order valence-corrected chi connectivity index (χ4v) is 2.12. The SMILES string of the molecule is CCC(Cl)c1cccc(C2CCC2)c1. The predicted molar refractivity (Wildman–Crippen MR) is 61.9 cm³/mol. The minimum atomic E-state index is 0.190. The Morgan fingerprint density at radius 3 is 2.79 bits per heavy atom. The summed E-state index contributed by atoms with van der Waals surface area (Å²) in [6.45, 7) is 2.13. The number of halogens is 1. The molecular weight excluding hydrogens is 192 g/mol. The van der Waals surface area contributed by atoms with Crippen LogP contribution in [-0.4, -0.2) is 0 Å². The zero-order chi connectivity index (χ0) is 9.97. The van der Waals surface area contributed by atoms with Crippen molar-refractivity contribution >= 4 is 11.6 Å². The topological polar surface area (TPSA) is 0 Å². The molecular formula is C13H17Cl. The molecule has 1 atom stereocenters. The fourth-order valence-electron chi connectivity index (χ4n) is 1.99. The lowest BCUT2D eigenvalue weighted by molar-refractivity contribution is 0.419. The Bertz CT molecular complexity index is 282. The summed E-state index contributed by atoms with van der Waals surface area (Å²) in [6.07, 6.45) is 5.13. The molecule has 0 aliphatic heterocycles. The molecule has 1 aliphatic carbocycles. The zero-order valence-corrected chi connectivity index (χ0v) is 9.43. The van der Waals surface area contributed by atoms with Gasteiger partial charge in [-0.15, -0.1) is 11.6 Å². The van der Waals surface area contributed by atoms with Gasteiger partial charge in [0.15, 0.2) is 0 Å². The first-order chi connectivity index (χ1) is 6.81. The molecule has 14 heavy (non-hydrogen) atoms. The van der Waals surface area contributed by atoms with Gasteiger partial charge >= 0.3 is 0 Å². The van der Waals surface area contributed by atoms with Crippen molar-refractivity contribution in [2.75, 3.05) is 0 Å². The van der Waals surface area contributed by atoms with E-state index in [0.29, 0.717) is 0 Å². The van der Waals surface area contributed by atoms with Crippen molar-refractivity contribution in [2.24, 2.45) is 0 Å². The van der Waals surface area contributed by atoms with Crippen LogP contribution in [0.4, 0.5) is 0 Å². The molecule has 1 unspecified atom stereocenters. The lowest BCUT2D eigenvalue weighted by Gasteiger charge is -2.26. The van der Waals surface area contributed by atoms with Crippen LogP contribution in [0.1, 0.15) is 55.0 Å². The van der Waals surface area contributed by atoms with Crippen LogP contribution < -0.4 is 0 Å². The highest BCUT2D eigenvalue weighted by atomic mass is 35.5. The third-order valence-corrected chi connectivity index (χ3v) is 3.77. The summed E-state index contributed by atoms with van der Waals surface area (Å²) in [5.74, 6) is 0.815. The molecule has 76 valence electrons. The molecule has 1 heteroatoms. The van der Waals surface area contributed by atoms with Crippen LogP contribution in [-0.2, 0) is 0 Å². The molecule has 0 aromatic heterocycles. The average Bonchev–Trinajstić information content (AvgIpc) is 2.14. The van der Waals surface area contributed by atoms with Crippen LogP contribution in [0, 0.1) is 0 Å². The van der Waals surface area contributed by atoms with E-state index in [1.54, 1.807) is 0 Å². The number of alkyl halides is 1. The van der Waals surface area contributed by atoms with Gasteiger partial charge in [-0.3, -0.25) is 0 Å². The summed E-state index contributed by atoms with van der Waals surface area (Å²) < 4.78 is 0. The monoisotopic (exact) mass is 208 g/mol. The maximum Gasteiger partial charge on any atom is 0.0582 e. The Labute approximate surface area is 91.3 Å². The quantitative estimate of drug-likeness (QED) is 0.635. The lowest BCUT2D eigenvalue weighted by Crippen LogP contribution is -2.08. The molecule has 1 aromatic carbocycles. The first-order valence-corrected chi connectivity index (χ1v) is 5.99. The molecule has 0 saturated heterocycles. The van der Waals surface area contributed by atoms with E-state index in [2.05, 4.69) is 31.2 Å². The number of hydrogen-bond acceptors (Lipinski definition) is 0. The molecule has 0 bridgehead atoms. The summed E-state index contributed by atoms with van der Waals surface area (Å²) in [5, 5.41) is 0.190. The Kier molecular flexibility index (Phi) is 3.12. The summed E-state index contributed by atoms with van der Waals surface area (Å²) in [7, 11) is 0. The van der Waals surface area contributed by atoms with Crippen molar-refractivity contribution in [1.29, 1.82) is 0 Å². The highest BCUT2D eigenvalue weighted by molar-refractivity contribution is 6.20. The van der Waals surface area contributed by atoms with Crippen LogP contribution in [0.3, 0.4) is 0 Å². The van der Waals surface area contributed by atoms with Crippen molar-refractivity contribution in [2.45, 2.75) is 43.9 Å². The molecule has 1 fully saturated rings. The van der Waals surface area contributed by atoms with Gasteiger partial charge in [0.25, 0.3) is 0 Å². The summed E-state index contributed by atoms with van der Waals surface area (Å²) in [4.78, 5) is 0. The molecule has 0 radical (unpaired) electrons. The molecule has 0 spiro atoms.